The first-order valence-electron chi connectivity index (χ1n) is 15.8. The van der Waals surface area contributed by atoms with E-state index in [1.165, 1.54) is 23.4 Å². The average Bonchev–Trinajstić information content (AvgIpc) is 3.00. The van der Waals surface area contributed by atoms with Crippen molar-refractivity contribution in [3.05, 3.63) is 52.6 Å². The summed E-state index contributed by atoms with van der Waals surface area (Å²) in [4.78, 5) is 31.1. The van der Waals surface area contributed by atoms with E-state index in [2.05, 4.69) is 39.1 Å². The molecule has 2 amide bonds. The van der Waals surface area contributed by atoms with Crippen molar-refractivity contribution in [2.75, 3.05) is 63.6 Å². The van der Waals surface area contributed by atoms with Crippen molar-refractivity contribution in [1.29, 1.82) is 0 Å². The third-order valence-corrected chi connectivity index (χ3v) is 9.46. The highest BCUT2D eigenvalue weighted by atomic mass is 19.1. The number of hydrogen-bond acceptors (Lipinski definition) is 7. The molecule has 0 spiro atoms. The molecule has 0 bridgehead atoms. The van der Waals surface area contributed by atoms with Crippen molar-refractivity contribution in [3.63, 3.8) is 0 Å². The first-order valence-corrected chi connectivity index (χ1v) is 15.8. The maximum atomic E-state index is 14.8. The summed E-state index contributed by atoms with van der Waals surface area (Å²) < 4.78 is 35.1. The molecular formula is C33H45F2N5O3. The molecule has 3 N–H and O–H groups in total. The van der Waals surface area contributed by atoms with Crippen molar-refractivity contribution < 1.29 is 23.1 Å². The molecule has 0 saturated carbocycles. The number of nitrogen functional groups attached to an aromatic ring is 1. The van der Waals surface area contributed by atoms with Gasteiger partial charge >= 0.3 is 0 Å². The molecule has 43 heavy (non-hydrogen) atoms. The van der Waals surface area contributed by atoms with Crippen LogP contribution < -0.4 is 20.7 Å². The molecule has 3 heterocycles. The number of carbonyl (C=O) groups excluding carboxylic acids is 2. The molecule has 1 unspecified atom stereocenters. The number of rotatable bonds is 10. The molecule has 5 rings (SSSR count). The molecule has 3 aliphatic rings. The van der Waals surface area contributed by atoms with Crippen molar-refractivity contribution in [2.24, 2.45) is 0 Å². The van der Waals surface area contributed by atoms with Crippen LogP contribution in [0.25, 0.3) is 0 Å². The summed E-state index contributed by atoms with van der Waals surface area (Å²) in [5.74, 6) is -2.65. The molecule has 0 aromatic heterocycles. The van der Waals surface area contributed by atoms with Gasteiger partial charge in [0.15, 0.2) is 0 Å². The van der Waals surface area contributed by atoms with Crippen molar-refractivity contribution >= 4 is 23.2 Å². The number of nitrogens with two attached hydrogens (primary N) is 1. The molecule has 10 heteroatoms. The number of unbranched alkanes of at least 4 members (excludes halogenated alkanes) is 1. The van der Waals surface area contributed by atoms with E-state index < -0.39 is 29.4 Å². The van der Waals surface area contributed by atoms with Gasteiger partial charge in [-0.05, 0) is 80.8 Å². The van der Waals surface area contributed by atoms with E-state index in [0.29, 0.717) is 23.7 Å². The van der Waals surface area contributed by atoms with Gasteiger partial charge in [-0.15, -0.1) is 0 Å². The number of methoxy groups -OCH3 is 1. The lowest BCUT2D eigenvalue weighted by molar-refractivity contribution is -0.134. The number of imide groups is 1. The van der Waals surface area contributed by atoms with E-state index >= 15 is 0 Å². The molecule has 3 saturated heterocycles. The quantitative estimate of drug-likeness (QED) is 0.241. The number of halogens is 2. The molecule has 1 atom stereocenters. The van der Waals surface area contributed by atoms with Crippen LogP contribution in [-0.2, 0) is 22.4 Å². The normalized spacial score (nSPS) is 20.8. The van der Waals surface area contributed by atoms with Crippen molar-refractivity contribution in [3.8, 4) is 5.75 Å². The van der Waals surface area contributed by atoms with Gasteiger partial charge in [0.05, 0.1) is 18.7 Å². The van der Waals surface area contributed by atoms with Gasteiger partial charge < -0.3 is 20.3 Å². The second kappa shape index (κ2) is 14.0. The monoisotopic (exact) mass is 597 g/mol. The Morgan fingerprint density at radius 2 is 1.65 bits per heavy atom. The number of hydrogen-bond donors (Lipinski definition) is 2. The fourth-order valence-electron chi connectivity index (χ4n) is 6.96. The van der Waals surface area contributed by atoms with Crippen LogP contribution in [0.1, 0.15) is 68.1 Å². The van der Waals surface area contributed by atoms with E-state index in [4.69, 9.17) is 10.5 Å². The molecule has 0 radical (unpaired) electrons. The summed E-state index contributed by atoms with van der Waals surface area (Å²) >= 11 is 0. The summed E-state index contributed by atoms with van der Waals surface area (Å²) in [6.45, 7) is 9.42. The number of piperazine rings is 1. The van der Waals surface area contributed by atoms with E-state index in [9.17, 15) is 18.4 Å². The molecule has 2 aromatic rings. The molecule has 2 aromatic carbocycles. The molecule has 3 fully saturated rings. The van der Waals surface area contributed by atoms with E-state index in [1.807, 2.05) is 0 Å². The Hall–Kier alpha value is -3.24. The summed E-state index contributed by atoms with van der Waals surface area (Å²) in [5, 5.41) is 2.18. The maximum absolute atomic E-state index is 14.8. The fourth-order valence-corrected chi connectivity index (χ4v) is 6.96. The predicted molar refractivity (Wildman–Crippen MR) is 164 cm³/mol. The summed E-state index contributed by atoms with van der Waals surface area (Å²) in [5.41, 5.74) is 9.73. The standard InChI is InChI=1S/C33H45F2N5O3/c1-3-23-20-28(36)30(43-2)21-29(23)40-12-9-24(10-13-40)39-16-14-38(15-17-39)11-5-4-6-22-18-26(34)32(27(35)19-22)25-7-8-31(41)37-33(25)42/h18-21,24-25H,3-17,36H2,1-2H3,(H,37,41,42). The smallest absolute Gasteiger partial charge is 0.234 e. The summed E-state index contributed by atoms with van der Waals surface area (Å²) in [6.07, 6.45) is 5.83. The zero-order valence-electron chi connectivity index (χ0n) is 25.5. The first kappa shape index (κ1) is 31.2. The van der Waals surface area contributed by atoms with Crippen LogP contribution in [0.15, 0.2) is 24.3 Å². The lowest BCUT2D eigenvalue weighted by Crippen LogP contribution is -2.53. The zero-order chi connectivity index (χ0) is 30.5. The van der Waals surface area contributed by atoms with Gasteiger partial charge in [0, 0.05) is 69.0 Å². The second-order valence-electron chi connectivity index (χ2n) is 12.1. The lowest BCUT2D eigenvalue weighted by atomic mass is 9.88. The molecule has 0 aliphatic carbocycles. The first-order chi connectivity index (χ1) is 20.8. The fraction of sp³-hybridized carbons (Fsp3) is 0.576. The SMILES string of the molecule is CCc1cc(N)c(OC)cc1N1CCC(N2CCN(CCCCc3cc(F)c(C4CCC(=O)NC4=O)c(F)c3)CC2)CC1. The number of ether oxygens (including phenoxy) is 1. The second-order valence-corrected chi connectivity index (χ2v) is 12.1. The Morgan fingerprint density at radius 3 is 2.28 bits per heavy atom. The van der Waals surface area contributed by atoms with E-state index in [1.54, 1.807) is 7.11 Å². The Labute approximate surface area is 253 Å². The molecular weight excluding hydrogens is 552 g/mol. The zero-order valence-corrected chi connectivity index (χ0v) is 25.5. The Balaban J connectivity index is 1.03. The number of aryl methyl sites for hydroxylation is 2. The van der Waals surface area contributed by atoms with Crippen molar-refractivity contribution in [1.82, 2.24) is 15.1 Å². The molecule has 3 aliphatic heterocycles. The number of carbonyl (C=O) groups is 2. The van der Waals surface area contributed by atoms with Crippen LogP contribution in [0.3, 0.4) is 0 Å². The van der Waals surface area contributed by atoms with Gasteiger partial charge in [0.25, 0.3) is 0 Å². The minimum atomic E-state index is -0.959. The third-order valence-electron chi connectivity index (χ3n) is 9.46. The predicted octanol–water partition coefficient (Wildman–Crippen LogP) is 4.25. The van der Waals surface area contributed by atoms with Gasteiger partial charge in [-0.2, -0.15) is 0 Å². The van der Waals surface area contributed by atoms with Gasteiger partial charge in [-0.25, -0.2) is 8.78 Å². The highest BCUT2D eigenvalue weighted by Crippen LogP contribution is 2.34. The van der Waals surface area contributed by atoms with Gasteiger partial charge in [0.1, 0.15) is 17.4 Å². The maximum Gasteiger partial charge on any atom is 0.234 e. The number of anilines is 2. The Kier molecular flexibility index (Phi) is 10.2. The third kappa shape index (κ3) is 7.29. The van der Waals surface area contributed by atoms with Crippen LogP contribution in [-0.4, -0.2) is 80.6 Å². The lowest BCUT2D eigenvalue weighted by Gasteiger charge is -2.43. The van der Waals surface area contributed by atoms with Crippen LogP contribution in [0.2, 0.25) is 0 Å². The number of nitrogens with one attached hydrogen (secondary N) is 1. The number of nitrogens with zero attached hydrogens (tertiary/aromatic N) is 3. The number of piperidine rings is 2. The van der Waals surface area contributed by atoms with E-state index in [0.717, 1.165) is 83.7 Å². The number of benzene rings is 2. The molecule has 8 nitrogen and oxygen atoms in total. The Bertz CT molecular complexity index is 1280. The largest absolute Gasteiger partial charge is 0.495 e. The highest BCUT2D eigenvalue weighted by Gasteiger charge is 2.33. The molecule has 234 valence electrons. The van der Waals surface area contributed by atoms with Crippen molar-refractivity contribution in [2.45, 2.75) is 70.3 Å². The Morgan fingerprint density at radius 1 is 0.953 bits per heavy atom. The summed E-state index contributed by atoms with van der Waals surface area (Å²) in [6, 6.07) is 7.44. The van der Waals surface area contributed by atoms with Crippen LogP contribution >= 0.6 is 0 Å². The number of amides is 2. The van der Waals surface area contributed by atoms with E-state index in [-0.39, 0.29) is 18.4 Å². The van der Waals surface area contributed by atoms with Crippen LogP contribution in [0, 0.1) is 11.6 Å². The van der Waals surface area contributed by atoms with Gasteiger partial charge in [-0.1, -0.05) is 6.92 Å². The summed E-state index contributed by atoms with van der Waals surface area (Å²) in [7, 11) is 1.67. The van der Waals surface area contributed by atoms with Crippen LogP contribution in [0.4, 0.5) is 20.2 Å². The minimum absolute atomic E-state index is 0.0882. The van der Waals surface area contributed by atoms with Crippen LogP contribution in [0.5, 0.6) is 5.75 Å². The topological polar surface area (TPSA) is 91.1 Å². The van der Waals surface area contributed by atoms with Gasteiger partial charge in [0.2, 0.25) is 11.8 Å². The minimum Gasteiger partial charge on any atom is -0.495 e. The average molecular weight is 598 g/mol. The highest BCUT2D eigenvalue weighted by molar-refractivity contribution is 6.01. The van der Waals surface area contributed by atoms with Gasteiger partial charge in [-0.3, -0.25) is 19.8 Å².